The first-order valence-corrected chi connectivity index (χ1v) is 3.06. The Hall–Kier alpha value is -0.770. The van der Waals surface area contributed by atoms with Gasteiger partial charge in [-0.05, 0) is 0 Å². The van der Waals surface area contributed by atoms with Crippen LogP contribution in [-0.2, 0) is 4.74 Å². The Morgan fingerprint density at radius 1 is 1.60 bits per heavy atom. The molecule has 4 nitrogen and oxygen atoms in total. The third kappa shape index (κ3) is 5.37. The van der Waals surface area contributed by atoms with Gasteiger partial charge in [0.1, 0.15) is 6.08 Å². The van der Waals surface area contributed by atoms with Crippen molar-refractivity contribution >= 4 is 6.08 Å². The van der Waals surface area contributed by atoms with E-state index in [2.05, 4.69) is 4.99 Å². The van der Waals surface area contributed by atoms with E-state index in [4.69, 9.17) is 10.5 Å². The molecular weight excluding hydrogens is 132 g/mol. The molecule has 0 bridgehead atoms. The minimum Gasteiger partial charge on any atom is -0.595 e. The summed E-state index contributed by atoms with van der Waals surface area (Å²) in [5.41, 5.74) is 4.50. The minimum absolute atomic E-state index is 0.0189. The first-order valence-electron chi connectivity index (χ1n) is 3.06. The van der Waals surface area contributed by atoms with Crippen LogP contribution in [0, 0.1) is 0 Å². The van der Waals surface area contributed by atoms with E-state index in [0.717, 1.165) is 0 Å². The third-order valence-corrected chi connectivity index (χ3v) is 0.614. The van der Waals surface area contributed by atoms with Gasteiger partial charge < -0.3 is 15.6 Å². The number of ether oxygens (including phenoxy) is 1. The van der Waals surface area contributed by atoms with Crippen molar-refractivity contribution < 1.29 is 9.84 Å². The lowest BCUT2D eigenvalue weighted by atomic mass is 10.2. The summed E-state index contributed by atoms with van der Waals surface area (Å²) in [6.07, 6.45) is -0.602. The zero-order valence-electron chi connectivity index (χ0n) is 6.55. The first-order chi connectivity index (χ1) is 4.45. The molecule has 0 unspecified atom stereocenters. The van der Waals surface area contributed by atoms with Crippen LogP contribution < -0.4 is 10.8 Å². The van der Waals surface area contributed by atoms with Crippen LogP contribution in [0.4, 0.5) is 0 Å². The fourth-order valence-corrected chi connectivity index (χ4v) is 0.369. The van der Waals surface area contributed by atoms with Crippen molar-refractivity contribution in [3.8, 4) is 0 Å². The van der Waals surface area contributed by atoms with Gasteiger partial charge in [-0.3, -0.25) is 4.99 Å². The zero-order chi connectivity index (χ0) is 8.20. The molecule has 0 fully saturated rings. The van der Waals surface area contributed by atoms with Crippen LogP contribution in [0.3, 0.4) is 0 Å². The van der Waals surface area contributed by atoms with Crippen LogP contribution in [0.25, 0.3) is 0 Å². The average molecular weight is 145 g/mol. The zero-order valence-corrected chi connectivity index (χ0v) is 6.55. The van der Waals surface area contributed by atoms with Crippen LogP contribution in [0.1, 0.15) is 20.8 Å². The molecule has 0 aromatic carbocycles. The molecule has 0 aliphatic carbocycles. The molecule has 2 N–H and O–H groups in total. The van der Waals surface area contributed by atoms with Gasteiger partial charge in [-0.25, -0.2) is 0 Å². The standard InChI is InChI=1S/C6H14N2O2/c1-6(2,3)10-5(9)8-4-7/h4,7H2,1-3H3,(H,8,9)/p-1. The summed E-state index contributed by atoms with van der Waals surface area (Å²) < 4.78 is 4.79. The molecule has 4 heteroatoms. The van der Waals surface area contributed by atoms with Crippen molar-refractivity contribution in [2.24, 2.45) is 10.7 Å². The van der Waals surface area contributed by atoms with E-state index >= 15 is 0 Å². The van der Waals surface area contributed by atoms with Crippen LogP contribution in [0.15, 0.2) is 4.99 Å². The Morgan fingerprint density at radius 3 is 2.40 bits per heavy atom. The topological polar surface area (TPSA) is 70.7 Å². The number of hydrogen-bond donors (Lipinski definition) is 1. The van der Waals surface area contributed by atoms with Crippen molar-refractivity contribution in [1.29, 1.82) is 0 Å². The van der Waals surface area contributed by atoms with Crippen molar-refractivity contribution in [3.05, 3.63) is 0 Å². The average Bonchev–Trinajstić information content (AvgIpc) is 1.59. The molecule has 0 spiro atoms. The van der Waals surface area contributed by atoms with Gasteiger partial charge in [0.05, 0.1) is 6.67 Å². The maximum Gasteiger partial charge on any atom is 0.147 e. The van der Waals surface area contributed by atoms with E-state index < -0.39 is 11.7 Å². The quantitative estimate of drug-likeness (QED) is 0.397. The smallest absolute Gasteiger partial charge is 0.147 e. The Morgan fingerprint density at radius 2 is 2.10 bits per heavy atom. The van der Waals surface area contributed by atoms with Crippen molar-refractivity contribution in [3.63, 3.8) is 0 Å². The maximum atomic E-state index is 10.6. The third-order valence-electron chi connectivity index (χ3n) is 0.614. The lowest BCUT2D eigenvalue weighted by Gasteiger charge is -2.29. The predicted octanol–water partition coefficient (Wildman–Crippen LogP) is -0.566. The van der Waals surface area contributed by atoms with Gasteiger partial charge in [0.2, 0.25) is 0 Å². The maximum absolute atomic E-state index is 10.6. The summed E-state index contributed by atoms with van der Waals surface area (Å²) in [6.45, 7) is 5.31. The van der Waals surface area contributed by atoms with Gasteiger partial charge in [-0.2, -0.15) is 0 Å². The molecule has 0 heterocycles. The van der Waals surface area contributed by atoms with Gasteiger partial charge in [0.25, 0.3) is 0 Å². The highest BCUT2D eigenvalue weighted by Gasteiger charge is 2.03. The highest BCUT2D eigenvalue weighted by molar-refractivity contribution is 5.61. The molecule has 0 aromatic rings. The van der Waals surface area contributed by atoms with Gasteiger partial charge in [0.15, 0.2) is 0 Å². The van der Waals surface area contributed by atoms with Gasteiger partial charge in [0, 0.05) is 5.60 Å². The lowest BCUT2D eigenvalue weighted by Crippen LogP contribution is -2.32. The fraction of sp³-hybridized carbons (Fsp3) is 0.833. The summed E-state index contributed by atoms with van der Waals surface area (Å²) >= 11 is 0. The molecule has 0 radical (unpaired) electrons. The molecule has 60 valence electrons. The second kappa shape index (κ2) is 3.41. The van der Waals surface area contributed by atoms with Crippen molar-refractivity contribution in [2.45, 2.75) is 26.4 Å². The van der Waals surface area contributed by atoms with Crippen LogP contribution in [-0.4, -0.2) is 18.4 Å². The Bertz CT molecular complexity index is 126. The number of hydrogen-bond acceptors (Lipinski definition) is 4. The molecule has 0 aliphatic heterocycles. The second-order valence-corrected chi connectivity index (χ2v) is 2.82. The van der Waals surface area contributed by atoms with Gasteiger partial charge >= 0.3 is 0 Å². The van der Waals surface area contributed by atoms with Crippen molar-refractivity contribution in [2.75, 3.05) is 6.67 Å². The van der Waals surface area contributed by atoms with E-state index in [1.165, 1.54) is 0 Å². The summed E-state index contributed by atoms with van der Waals surface area (Å²) in [6, 6.07) is 0. The summed E-state index contributed by atoms with van der Waals surface area (Å²) in [5.74, 6) is 0. The highest BCUT2D eigenvalue weighted by Crippen LogP contribution is 2.05. The largest absolute Gasteiger partial charge is 0.595 e. The summed E-state index contributed by atoms with van der Waals surface area (Å²) in [7, 11) is 0. The number of nitrogens with two attached hydrogens (primary N) is 1. The normalized spacial score (nSPS) is 13.4. The minimum atomic E-state index is -0.602. The Labute approximate surface area is 60.7 Å². The van der Waals surface area contributed by atoms with E-state index in [1.807, 2.05) is 0 Å². The molecular formula is C6H13N2O2-. The number of rotatable bonds is 1. The molecule has 0 aliphatic rings. The predicted molar refractivity (Wildman–Crippen MR) is 37.3 cm³/mol. The molecule has 0 saturated carbocycles. The Balaban J connectivity index is 3.79. The SMILES string of the molecule is CC(C)(C)O/C([O-])=N/CN. The highest BCUT2D eigenvalue weighted by atomic mass is 16.6. The van der Waals surface area contributed by atoms with Gasteiger partial charge in [-0.15, -0.1) is 0 Å². The van der Waals surface area contributed by atoms with E-state index in [-0.39, 0.29) is 6.67 Å². The monoisotopic (exact) mass is 145 g/mol. The molecule has 0 saturated heterocycles. The molecule has 0 rings (SSSR count). The molecule has 0 aromatic heterocycles. The van der Waals surface area contributed by atoms with Crippen LogP contribution in [0.5, 0.6) is 0 Å². The summed E-state index contributed by atoms with van der Waals surface area (Å²) in [5, 5.41) is 10.6. The molecule has 0 amide bonds. The number of nitrogens with zero attached hydrogens (tertiary/aromatic N) is 1. The van der Waals surface area contributed by atoms with E-state index in [9.17, 15) is 5.11 Å². The van der Waals surface area contributed by atoms with Crippen LogP contribution >= 0.6 is 0 Å². The lowest BCUT2D eigenvalue weighted by molar-refractivity contribution is -0.260. The van der Waals surface area contributed by atoms with E-state index in [1.54, 1.807) is 20.8 Å². The van der Waals surface area contributed by atoms with Crippen molar-refractivity contribution in [1.82, 2.24) is 0 Å². The second-order valence-electron chi connectivity index (χ2n) is 2.82. The molecule has 0 atom stereocenters. The molecule has 10 heavy (non-hydrogen) atoms. The van der Waals surface area contributed by atoms with Crippen LogP contribution in [0.2, 0.25) is 0 Å². The Kier molecular flexibility index (Phi) is 3.15. The number of aliphatic imine (C=N–C) groups is 1. The summed E-state index contributed by atoms with van der Waals surface area (Å²) in [4.78, 5) is 3.33. The van der Waals surface area contributed by atoms with E-state index in [0.29, 0.717) is 0 Å². The fourth-order valence-electron chi connectivity index (χ4n) is 0.369. The first kappa shape index (κ1) is 9.23. The van der Waals surface area contributed by atoms with Gasteiger partial charge in [-0.1, -0.05) is 20.8 Å².